The Morgan fingerprint density at radius 2 is 1.75 bits per heavy atom. The van der Waals surface area contributed by atoms with Crippen molar-refractivity contribution < 1.29 is 9.18 Å². The molecule has 148 valence electrons. The summed E-state index contributed by atoms with van der Waals surface area (Å²) in [6.07, 6.45) is 3.96. The van der Waals surface area contributed by atoms with Crippen LogP contribution in [0.2, 0.25) is 0 Å². The molecule has 2 fully saturated rings. The first kappa shape index (κ1) is 18.8. The first-order chi connectivity index (χ1) is 13.6. The zero-order valence-electron chi connectivity index (χ0n) is 16.4. The largest absolute Gasteiger partial charge is 0.355 e. The summed E-state index contributed by atoms with van der Waals surface area (Å²) in [5, 5.41) is 8.60. The van der Waals surface area contributed by atoms with Gasteiger partial charge in [0.05, 0.1) is 5.69 Å². The topological polar surface area (TPSA) is 49.3 Å². The van der Waals surface area contributed by atoms with Crippen molar-refractivity contribution >= 4 is 11.7 Å². The van der Waals surface area contributed by atoms with Crippen LogP contribution in [0.3, 0.4) is 0 Å². The van der Waals surface area contributed by atoms with E-state index in [1.165, 1.54) is 12.1 Å². The van der Waals surface area contributed by atoms with E-state index in [1.54, 1.807) is 6.07 Å². The Morgan fingerprint density at radius 1 is 1.00 bits per heavy atom. The van der Waals surface area contributed by atoms with Gasteiger partial charge < -0.3 is 9.80 Å². The molecule has 2 aliphatic rings. The molecule has 2 aliphatic heterocycles. The zero-order valence-corrected chi connectivity index (χ0v) is 16.4. The lowest BCUT2D eigenvalue weighted by Gasteiger charge is -2.37. The van der Waals surface area contributed by atoms with Gasteiger partial charge in [-0.15, -0.1) is 10.2 Å². The number of hydrogen-bond acceptors (Lipinski definition) is 4. The highest BCUT2D eigenvalue weighted by molar-refractivity contribution is 5.79. The molecule has 1 aromatic heterocycles. The fourth-order valence-corrected chi connectivity index (χ4v) is 4.14. The molecule has 0 spiro atoms. The van der Waals surface area contributed by atoms with E-state index in [9.17, 15) is 9.18 Å². The van der Waals surface area contributed by atoms with E-state index >= 15 is 0 Å². The highest BCUT2D eigenvalue weighted by atomic mass is 19.1. The minimum absolute atomic E-state index is 0.129. The first-order valence-corrected chi connectivity index (χ1v) is 10.2. The normalized spacial score (nSPS) is 19.1. The Balaban J connectivity index is 1.34. The van der Waals surface area contributed by atoms with Crippen LogP contribution in [0.5, 0.6) is 0 Å². The number of carbonyl (C=O) groups excluding carboxylic acids is 1. The van der Waals surface area contributed by atoms with Crippen LogP contribution in [-0.2, 0) is 4.79 Å². The van der Waals surface area contributed by atoms with Gasteiger partial charge in [-0.3, -0.25) is 4.79 Å². The predicted octanol–water partition coefficient (Wildman–Crippen LogP) is 3.76. The highest BCUT2D eigenvalue weighted by Crippen LogP contribution is 2.26. The average molecular weight is 382 g/mol. The Kier molecular flexibility index (Phi) is 5.55. The summed E-state index contributed by atoms with van der Waals surface area (Å²) in [5.41, 5.74) is 1.38. The number of amides is 1. The Hall–Kier alpha value is -2.50. The number of benzene rings is 1. The fourth-order valence-electron chi connectivity index (χ4n) is 4.14. The van der Waals surface area contributed by atoms with Crippen molar-refractivity contribution in [2.24, 2.45) is 11.8 Å². The van der Waals surface area contributed by atoms with Crippen molar-refractivity contribution in [3.05, 3.63) is 42.2 Å². The van der Waals surface area contributed by atoms with Crippen molar-refractivity contribution in [2.45, 2.75) is 32.6 Å². The molecule has 0 radical (unpaired) electrons. The van der Waals surface area contributed by atoms with E-state index in [0.717, 1.165) is 69.2 Å². The van der Waals surface area contributed by atoms with Gasteiger partial charge in [0.1, 0.15) is 5.82 Å². The zero-order chi connectivity index (χ0) is 19.5. The molecule has 3 heterocycles. The maximum Gasteiger partial charge on any atom is 0.225 e. The second kappa shape index (κ2) is 8.25. The lowest BCUT2D eigenvalue weighted by atomic mass is 9.92. The average Bonchev–Trinajstić information content (AvgIpc) is 2.74. The molecule has 0 saturated carbocycles. The van der Waals surface area contributed by atoms with E-state index in [-0.39, 0.29) is 11.7 Å². The van der Waals surface area contributed by atoms with Crippen molar-refractivity contribution in [3.8, 4) is 11.3 Å². The quantitative estimate of drug-likeness (QED) is 0.811. The maximum atomic E-state index is 13.4. The SMILES string of the molecule is CC1CCN(C(=O)C2CCN(c3ccc(-c4cccc(F)c4)nn3)CC2)CC1. The molecule has 0 atom stereocenters. The summed E-state index contributed by atoms with van der Waals surface area (Å²) < 4.78 is 13.4. The lowest BCUT2D eigenvalue weighted by Crippen LogP contribution is -2.45. The van der Waals surface area contributed by atoms with Crippen LogP contribution >= 0.6 is 0 Å². The van der Waals surface area contributed by atoms with E-state index < -0.39 is 0 Å². The minimum atomic E-state index is -0.279. The molecule has 0 aliphatic carbocycles. The van der Waals surface area contributed by atoms with Crippen LogP contribution in [0, 0.1) is 17.7 Å². The van der Waals surface area contributed by atoms with E-state index in [2.05, 4.69) is 26.9 Å². The van der Waals surface area contributed by atoms with E-state index in [4.69, 9.17) is 0 Å². The van der Waals surface area contributed by atoms with Gasteiger partial charge in [0.2, 0.25) is 5.91 Å². The van der Waals surface area contributed by atoms with Gasteiger partial charge in [-0.1, -0.05) is 19.1 Å². The Morgan fingerprint density at radius 3 is 2.39 bits per heavy atom. The second-order valence-corrected chi connectivity index (χ2v) is 8.06. The summed E-state index contributed by atoms with van der Waals surface area (Å²) in [4.78, 5) is 17.0. The van der Waals surface area contributed by atoms with E-state index in [1.807, 2.05) is 18.2 Å². The van der Waals surface area contributed by atoms with Crippen LogP contribution in [0.1, 0.15) is 32.6 Å². The molecular formula is C22H27FN4O. The Labute approximate surface area is 165 Å². The number of likely N-dealkylation sites (tertiary alicyclic amines) is 1. The molecule has 0 unspecified atom stereocenters. The van der Waals surface area contributed by atoms with Crippen molar-refractivity contribution in [2.75, 3.05) is 31.1 Å². The fraction of sp³-hybridized carbons (Fsp3) is 0.500. The number of nitrogens with zero attached hydrogens (tertiary/aromatic N) is 4. The first-order valence-electron chi connectivity index (χ1n) is 10.2. The number of halogens is 1. The third-order valence-corrected chi connectivity index (χ3v) is 6.03. The van der Waals surface area contributed by atoms with Crippen LogP contribution in [0.4, 0.5) is 10.2 Å². The third kappa shape index (κ3) is 4.16. The highest BCUT2D eigenvalue weighted by Gasteiger charge is 2.30. The molecule has 6 heteroatoms. The molecule has 0 N–H and O–H groups in total. The molecule has 0 bridgehead atoms. The lowest BCUT2D eigenvalue weighted by molar-refractivity contribution is -0.137. The third-order valence-electron chi connectivity index (χ3n) is 6.03. The number of hydrogen-bond donors (Lipinski definition) is 0. The van der Waals surface area contributed by atoms with Crippen LogP contribution in [-0.4, -0.2) is 47.2 Å². The summed E-state index contributed by atoms with van der Waals surface area (Å²) in [7, 11) is 0. The number of carbonyl (C=O) groups is 1. The molecule has 1 aromatic carbocycles. The van der Waals surface area contributed by atoms with Crippen molar-refractivity contribution in [3.63, 3.8) is 0 Å². The maximum absolute atomic E-state index is 13.4. The molecule has 28 heavy (non-hydrogen) atoms. The predicted molar refractivity (Wildman–Crippen MR) is 107 cm³/mol. The second-order valence-electron chi connectivity index (χ2n) is 8.06. The molecule has 2 saturated heterocycles. The van der Waals surface area contributed by atoms with Crippen LogP contribution in [0.15, 0.2) is 36.4 Å². The molecule has 5 nitrogen and oxygen atoms in total. The minimum Gasteiger partial charge on any atom is -0.355 e. The van der Waals surface area contributed by atoms with Gasteiger partial charge >= 0.3 is 0 Å². The molecule has 4 rings (SSSR count). The number of rotatable bonds is 3. The van der Waals surface area contributed by atoms with Crippen LogP contribution in [0.25, 0.3) is 11.3 Å². The number of anilines is 1. The number of piperidine rings is 2. The molecular weight excluding hydrogens is 355 g/mol. The van der Waals surface area contributed by atoms with Crippen molar-refractivity contribution in [1.82, 2.24) is 15.1 Å². The smallest absolute Gasteiger partial charge is 0.225 e. The Bertz CT molecular complexity index is 810. The monoisotopic (exact) mass is 382 g/mol. The van der Waals surface area contributed by atoms with Crippen LogP contribution < -0.4 is 4.90 Å². The van der Waals surface area contributed by atoms with Gasteiger partial charge in [0.25, 0.3) is 0 Å². The van der Waals surface area contributed by atoms with Gasteiger partial charge in [0, 0.05) is 37.7 Å². The summed E-state index contributed by atoms with van der Waals surface area (Å²) >= 11 is 0. The van der Waals surface area contributed by atoms with Gasteiger partial charge in [0.15, 0.2) is 5.82 Å². The number of aromatic nitrogens is 2. The summed E-state index contributed by atoms with van der Waals surface area (Å²) in [6, 6.07) is 10.2. The summed E-state index contributed by atoms with van der Waals surface area (Å²) in [6.45, 7) is 5.71. The summed E-state index contributed by atoms with van der Waals surface area (Å²) in [5.74, 6) is 1.74. The van der Waals surface area contributed by atoms with Gasteiger partial charge in [-0.05, 0) is 55.9 Å². The molecule has 1 amide bonds. The van der Waals surface area contributed by atoms with Crippen molar-refractivity contribution in [1.29, 1.82) is 0 Å². The standard InChI is InChI=1S/C22H27FN4O/c1-16-7-11-27(12-8-16)22(28)17-9-13-26(14-10-17)21-6-5-20(24-25-21)18-3-2-4-19(23)15-18/h2-6,15-17H,7-14H2,1H3. The van der Waals surface area contributed by atoms with Gasteiger partial charge in [-0.25, -0.2) is 4.39 Å². The van der Waals surface area contributed by atoms with E-state index in [0.29, 0.717) is 11.6 Å². The van der Waals surface area contributed by atoms with Gasteiger partial charge in [-0.2, -0.15) is 0 Å². The molecule has 2 aromatic rings.